The van der Waals surface area contributed by atoms with Crippen molar-refractivity contribution in [3.05, 3.63) is 33.8 Å². The highest BCUT2D eigenvalue weighted by atomic mass is 79.9. The molecule has 1 aromatic rings. The molecule has 0 heterocycles. The van der Waals surface area contributed by atoms with Crippen LogP contribution in [0.15, 0.2) is 22.7 Å². The zero-order valence-corrected chi connectivity index (χ0v) is 13.6. The van der Waals surface area contributed by atoms with Crippen LogP contribution in [-0.2, 0) is 4.79 Å². The number of benzene rings is 1. The average Bonchev–Trinajstić information content (AvgIpc) is 2.39. The molecule has 0 bridgehead atoms. The Balaban J connectivity index is 2.83. The fraction of sp³-hybridized carbons (Fsp3) is 0.467. The molecule has 0 saturated carbocycles. The summed E-state index contributed by atoms with van der Waals surface area (Å²) in [4.78, 5) is 23.5. The summed E-state index contributed by atoms with van der Waals surface area (Å²) in [7, 11) is 0. The van der Waals surface area contributed by atoms with Gasteiger partial charge in [0.05, 0.1) is 11.0 Å². The van der Waals surface area contributed by atoms with Gasteiger partial charge in [-0.25, -0.2) is 0 Å². The summed E-state index contributed by atoms with van der Waals surface area (Å²) in [5, 5.41) is 12.1. The van der Waals surface area contributed by atoms with Gasteiger partial charge in [0.2, 0.25) is 0 Å². The van der Waals surface area contributed by atoms with E-state index in [0.29, 0.717) is 22.9 Å². The second kappa shape index (κ2) is 6.88. The minimum atomic E-state index is -0.896. The molecule has 0 aliphatic heterocycles. The third-order valence-electron chi connectivity index (χ3n) is 3.76. The Bertz CT molecular complexity index is 510. The van der Waals surface area contributed by atoms with Crippen LogP contribution in [0.1, 0.15) is 42.6 Å². The number of hydrogen-bond donors (Lipinski definition) is 2. The average molecular weight is 342 g/mol. The number of aliphatic carboxylic acids is 1. The number of hydrogen-bond acceptors (Lipinski definition) is 2. The number of amides is 1. The van der Waals surface area contributed by atoms with Crippen molar-refractivity contribution in [1.29, 1.82) is 0 Å². The van der Waals surface area contributed by atoms with Gasteiger partial charge in [0.15, 0.2) is 0 Å². The number of aryl methyl sites for hydroxylation is 1. The van der Waals surface area contributed by atoms with E-state index in [1.807, 2.05) is 32.9 Å². The van der Waals surface area contributed by atoms with Crippen LogP contribution in [-0.4, -0.2) is 23.5 Å². The topological polar surface area (TPSA) is 66.4 Å². The molecule has 0 aliphatic rings. The second-order valence-electron chi connectivity index (χ2n) is 4.96. The van der Waals surface area contributed by atoms with E-state index in [0.717, 1.165) is 5.56 Å². The molecule has 1 aromatic carbocycles. The monoisotopic (exact) mass is 341 g/mol. The molecule has 4 nitrogen and oxygen atoms in total. The first-order chi connectivity index (χ1) is 9.36. The number of rotatable bonds is 6. The Labute approximate surface area is 127 Å². The van der Waals surface area contributed by atoms with Crippen LogP contribution in [0.25, 0.3) is 0 Å². The second-order valence-corrected chi connectivity index (χ2v) is 5.81. The fourth-order valence-electron chi connectivity index (χ4n) is 2.03. The minimum Gasteiger partial charge on any atom is -0.481 e. The summed E-state index contributed by atoms with van der Waals surface area (Å²) in [6, 6.07) is 5.44. The molecular formula is C15H20BrNO3. The van der Waals surface area contributed by atoms with E-state index in [2.05, 4.69) is 21.2 Å². The number of carbonyl (C=O) groups is 2. The number of carbonyl (C=O) groups excluding carboxylic acids is 1. The van der Waals surface area contributed by atoms with Gasteiger partial charge in [-0.05, 0) is 53.4 Å². The first-order valence-electron chi connectivity index (χ1n) is 6.64. The Morgan fingerprint density at radius 1 is 1.30 bits per heavy atom. The summed E-state index contributed by atoms with van der Waals surface area (Å²) in [5.74, 6) is -1.13. The lowest BCUT2D eigenvalue weighted by molar-refractivity contribution is -0.149. The molecule has 0 radical (unpaired) electrons. The van der Waals surface area contributed by atoms with Gasteiger partial charge in [0.1, 0.15) is 0 Å². The van der Waals surface area contributed by atoms with Crippen LogP contribution in [0.2, 0.25) is 0 Å². The quantitative estimate of drug-likeness (QED) is 0.833. The molecule has 0 atom stereocenters. The Morgan fingerprint density at radius 3 is 2.35 bits per heavy atom. The van der Waals surface area contributed by atoms with Gasteiger partial charge in [-0.15, -0.1) is 0 Å². The highest BCUT2D eigenvalue weighted by Gasteiger charge is 2.35. The zero-order valence-electron chi connectivity index (χ0n) is 12.0. The van der Waals surface area contributed by atoms with E-state index in [4.69, 9.17) is 0 Å². The molecular weight excluding hydrogens is 322 g/mol. The van der Waals surface area contributed by atoms with Gasteiger partial charge in [-0.2, -0.15) is 0 Å². The van der Waals surface area contributed by atoms with Crippen molar-refractivity contribution in [2.75, 3.05) is 6.54 Å². The van der Waals surface area contributed by atoms with E-state index in [-0.39, 0.29) is 12.5 Å². The smallest absolute Gasteiger partial charge is 0.311 e. The summed E-state index contributed by atoms with van der Waals surface area (Å²) < 4.78 is 0.712. The lowest BCUT2D eigenvalue weighted by Gasteiger charge is -2.26. The SMILES string of the molecule is CCC(CC)(CNC(=O)c1ccc(C)cc1Br)C(=O)O. The van der Waals surface area contributed by atoms with E-state index >= 15 is 0 Å². The number of nitrogens with one attached hydrogen (secondary N) is 1. The van der Waals surface area contributed by atoms with Crippen molar-refractivity contribution in [3.8, 4) is 0 Å². The van der Waals surface area contributed by atoms with Crippen molar-refractivity contribution in [2.45, 2.75) is 33.6 Å². The lowest BCUT2D eigenvalue weighted by Crippen LogP contribution is -2.42. The fourth-order valence-corrected chi connectivity index (χ4v) is 2.70. The predicted molar refractivity (Wildman–Crippen MR) is 81.9 cm³/mol. The van der Waals surface area contributed by atoms with Crippen LogP contribution in [0.3, 0.4) is 0 Å². The molecule has 5 heteroatoms. The standard InChI is InChI=1S/C15H20BrNO3/c1-4-15(5-2,14(19)20)9-17-13(18)11-7-6-10(3)8-12(11)16/h6-8H,4-5,9H2,1-3H3,(H,17,18)(H,19,20). The minimum absolute atomic E-state index is 0.133. The maximum Gasteiger partial charge on any atom is 0.311 e. The van der Waals surface area contributed by atoms with E-state index in [1.165, 1.54) is 0 Å². The molecule has 0 aromatic heterocycles. The maximum absolute atomic E-state index is 12.1. The van der Waals surface area contributed by atoms with E-state index in [9.17, 15) is 14.7 Å². The lowest BCUT2D eigenvalue weighted by atomic mass is 9.82. The van der Waals surface area contributed by atoms with Crippen molar-refractivity contribution < 1.29 is 14.7 Å². The molecule has 110 valence electrons. The third kappa shape index (κ3) is 3.60. The molecule has 0 aliphatic carbocycles. The summed E-state index contributed by atoms with van der Waals surface area (Å²) in [6.07, 6.45) is 0.961. The molecule has 2 N–H and O–H groups in total. The Kier molecular flexibility index (Phi) is 5.74. The van der Waals surface area contributed by atoms with Crippen molar-refractivity contribution in [2.24, 2.45) is 5.41 Å². The Morgan fingerprint density at radius 2 is 1.90 bits per heavy atom. The predicted octanol–water partition coefficient (Wildman–Crippen LogP) is 3.38. The normalized spacial score (nSPS) is 11.2. The van der Waals surface area contributed by atoms with Crippen molar-refractivity contribution in [3.63, 3.8) is 0 Å². The van der Waals surface area contributed by atoms with Gasteiger partial charge in [0.25, 0.3) is 5.91 Å². The van der Waals surface area contributed by atoms with Crippen LogP contribution in [0.4, 0.5) is 0 Å². The summed E-state index contributed by atoms with van der Waals surface area (Å²) >= 11 is 3.35. The zero-order chi connectivity index (χ0) is 15.3. The summed E-state index contributed by atoms with van der Waals surface area (Å²) in [6.45, 7) is 5.72. The molecule has 1 rings (SSSR count). The largest absolute Gasteiger partial charge is 0.481 e. The van der Waals surface area contributed by atoms with Crippen molar-refractivity contribution >= 4 is 27.8 Å². The summed E-state index contributed by atoms with van der Waals surface area (Å²) in [5.41, 5.74) is 0.671. The molecule has 0 fully saturated rings. The van der Waals surface area contributed by atoms with Crippen LogP contribution in [0, 0.1) is 12.3 Å². The van der Waals surface area contributed by atoms with Gasteiger partial charge in [0, 0.05) is 11.0 Å². The van der Waals surface area contributed by atoms with Crippen LogP contribution < -0.4 is 5.32 Å². The van der Waals surface area contributed by atoms with E-state index < -0.39 is 11.4 Å². The van der Waals surface area contributed by atoms with E-state index in [1.54, 1.807) is 6.07 Å². The number of carboxylic acids is 1. The van der Waals surface area contributed by atoms with Gasteiger partial charge >= 0.3 is 5.97 Å². The highest BCUT2D eigenvalue weighted by molar-refractivity contribution is 9.10. The number of halogens is 1. The molecule has 20 heavy (non-hydrogen) atoms. The van der Waals surface area contributed by atoms with Gasteiger partial charge in [-0.3, -0.25) is 9.59 Å². The molecule has 0 unspecified atom stereocenters. The third-order valence-corrected chi connectivity index (χ3v) is 4.42. The maximum atomic E-state index is 12.1. The van der Waals surface area contributed by atoms with Crippen LogP contribution in [0.5, 0.6) is 0 Å². The van der Waals surface area contributed by atoms with Crippen LogP contribution >= 0.6 is 15.9 Å². The van der Waals surface area contributed by atoms with Gasteiger partial charge < -0.3 is 10.4 Å². The molecule has 1 amide bonds. The molecule has 0 saturated heterocycles. The van der Waals surface area contributed by atoms with Crippen molar-refractivity contribution in [1.82, 2.24) is 5.32 Å². The first kappa shape index (κ1) is 16.7. The first-order valence-corrected chi connectivity index (χ1v) is 7.43. The number of carboxylic acid groups (broad SMARTS) is 1. The molecule has 0 spiro atoms. The Hall–Kier alpha value is -1.36. The highest BCUT2D eigenvalue weighted by Crippen LogP contribution is 2.26. The van der Waals surface area contributed by atoms with Gasteiger partial charge in [-0.1, -0.05) is 19.9 Å².